The van der Waals surface area contributed by atoms with Gasteiger partial charge >= 0.3 is 0 Å². The Labute approximate surface area is 109 Å². The number of hydrogen-bond acceptors (Lipinski definition) is 4. The standard InChI is InChI=1S/C11H18BrNO2S/c1-3-8(13)11(15-7-6-14-2)9-4-5-10(12)16-9/h4-5,8,11H,3,6-7,13H2,1-2H3. The van der Waals surface area contributed by atoms with Crippen molar-refractivity contribution in [2.24, 2.45) is 5.73 Å². The van der Waals surface area contributed by atoms with Crippen LogP contribution in [0.25, 0.3) is 0 Å². The van der Waals surface area contributed by atoms with Gasteiger partial charge in [0.05, 0.1) is 17.0 Å². The first-order valence-corrected chi connectivity index (χ1v) is 6.91. The zero-order valence-electron chi connectivity index (χ0n) is 9.61. The average molecular weight is 308 g/mol. The van der Waals surface area contributed by atoms with Crippen LogP contribution < -0.4 is 5.73 Å². The molecule has 0 aliphatic rings. The highest BCUT2D eigenvalue weighted by molar-refractivity contribution is 9.11. The Bertz CT molecular complexity index is 306. The highest BCUT2D eigenvalue weighted by Gasteiger charge is 2.20. The summed E-state index contributed by atoms with van der Waals surface area (Å²) >= 11 is 5.12. The Kier molecular flexibility index (Phi) is 6.53. The summed E-state index contributed by atoms with van der Waals surface area (Å²) in [5, 5.41) is 0. The van der Waals surface area contributed by atoms with Crippen molar-refractivity contribution in [3.63, 3.8) is 0 Å². The molecule has 5 heteroatoms. The third kappa shape index (κ3) is 4.14. The van der Waals surface area contributed by atoms with Crippen molar-refractivity contribution in [3.8, 4) is 0 Å². The molecular formula is C11H18BrNO2S. The lowest BCUT2D eigenvalue weighted by Crippen LogP contribution is -2.29. The number of halogens is 1. The van der Waals surface area contributed by atoms with Crippen LogP contribution in [0.15, 0.2) is 15.9 Å². The molecule has 1 rings (SSSR count). The fourth-order valence-electron chi connectivity index (χ4n) is 1.37. The van der Waals surface area contributed by atoms with Crippen LogP contribution >= 0.6 is 27.3 Å². The van der Waals surface area contributed by atoms with Gasteiger partial charge in [0.2, 0.25) is 0 Å². The topological polar surface area (TPSA) is 44.5 Å². The van der Waals surface area contributed by atoms with Crippen molar-refractivity contribution < 1.29 is 9.47 Å². The zero-order valence-corrected chi connectivity index (χ0v) is 12.0. The minimum atomic E-state index is -0.0311. The van der Waals surface area contributed by atoms with Gasteiger partial charge < -0.3 is 15.2 Å². The molecule has 0 saturated carbocycles. The maximum absolute atomic E-state index is 6.07. The van der Waals surface area contributed by atoms with Crippen molar-refractivity contribution in [2.75, 3.05) is 20.3 Å². The molecule has 0 saturated heterocycles. The maximum Gasteiger partial charge on any atom is 0.107 e. The van der Waals surface area contributed by atoms with Crippen LogP contribution in [0.1, 0.15) is 24.3 Å². The van der Waals surface area contributed by atoms with Crippen LogP contribution in [0.4, 0.5) is 0 Å². The van der Waals surface area contributed by atoms with Crippen LogP contribution in [0.5, 0.6) is 0 Å². The first-order chi connectivity index (χ1) is 7.69. The SMILES string of the molecule is CCC(N)C(OCCOC)c1ccc(Br)s1. The summed E-state index contributed by atoms with van der Waals surface area (Å²) in [6.07, 6.45) is 0.865. The predicted octanol–water partition coefficient (Wildman–Crippen LogP) is 2.95. The molecule has 0 fully saturated rings. The molecule has 0 aromatic carbocycles. The Hall–Kier alpha value is 0.0600. The first-order valence-electron chi connectivity index (χ1n) is 5.30. The molecule has 2 N–H and O–H groups in total. The zero-order chi connectivity index (χ0) is 12.0. The van der Waals surface area contributed by atoms with E-state index in [4.69, 9.17) is 15.2 Å². The molecule has 3 nitrogen and oxygen atoms in total. The normalized spacial score (nSPS) is 15.0. The maximum atomic E-state index is 6.07. The molecule has 0 bridgehead atoms. The van der Waals surface area contributed by atoms with Gasteiger partial charge in [-0.2, -0.15) is 0 Å². The van der Waals surface area contributed by atoms with Gasteiger partial charge in [0.15, 0.2) is 0 Å². The molecule has 1 aromatic rings. The summed E-state index contributed by atoms with van der Waals surface area (Å²) in [7, 11) is 1.67. The molecule has 16 heavy (non-hydrogen) atoms. The second-order valence-corrected chi connectivity index (χ2v) is 5.99. The van der Waals surface area contributed by atoms with Gasteiger partial charge in [-0.25, -0.2) is 0 Å². The van der Waals surface area contributed by atoms with Crippen LogP contribution in [-0.4, -0.2) is 26.4 Å². The first kappa shape index (κ1) is 14.1. The third-order valence-corrected chi connectivity index (χ3v) is 4.00. The Balaban J connectivity index is 2.63. The van der Waals surface area contributed by atoms with E-state index in [2.05, 4.69) is 28.9 Å². The van der Waals surface area contributed by atoms with E-state index in [9.17, 15) is 0 Å². The molecule has 0 aliphatic heterocycles. The summed E-state index contributed by atoms with van der Waals surface area (Å²) < 4.78 is 11.9. The quantitative estimate of drug-likeness (QED) is 0.788. The molecule has 1 heterocycles. The van der Waals surface area contributed by atoms with Gasteiger partial charge in [-0.1, -0.05) is 6.92 Å². The molecule has 0 aliphatic carbocycles. The summed E-state index contributed by atoms with van der Waals surface area (Å²) in [5.74, 6) is 0. The van der Waals surface area contributed by atoms with E-state index in [1.165, 1.54) is 0 Å². The van der Waals surface area contributed by atoms with Gasteiger partial charge in [0, 0.05) is 18.0 Å². The Morgan fingerprint density at radius 1 is 1.44 bits per heavy atom. The average Bonchev–Trinajstić information content (AvgIpc) is 2.70. The number of thiophene rings is 1. The Morgan fingerprint density at radius 3 is 2.69 bits per heavy atom. The number of methoxy groups -OCH3 is 1. The monoisotopic (exact) mass is 307 g/mol. The summed E-state index contributed by atoms with van der Waals surface area (Å²) in [6.45, 7) is 3.24. The van der Waals surface area contributed by atoms with E-state index in [1.807, 2.05) is 6.07 Å². The molecule has 0 spiro atoms. The lowest BCUT2D eigenvalue weighted by Gasteiger charge is -2.22. The highest BCUT2D eigenvalue weighted by atomic mass is 79.9. The lowest BCUT2D eigenvalue weighted by atomic mass is 10.1. The van der Waals surface area contributed by atoms with Gasteiger partial charge in [0.1, 0.15) is 6.10 Å². The number of hydrogen-bond donors (Lipinski definition) is 1. The van der Waals surface area contributed by atoms with Crippen molar-refractivity contribution in [3.05, 3.63) is 20.8 Å². The van der Waals surface area contributed by atoms with Crippen LogP contribution in [0, 0.1) is 0 Å². The second-order valence-electron chi connectivity index (χ2n) is 3.50. The molecule has 0 amide bonds. The van der Waals surface area contributed by atoms with E-state index in [0.717, 1.165) is 15.1 Å². The van der Waals surface area contributed by atoms with Gasteiger partial charge in [-0.15, -0.1) is 11.3 Å². The van der Waals surface area contributed by atoms with Crippen molar-refractivity contribution in [2.45, 2.75) is 25.5 Å². The van der Waals surface area contributed by atoms with Gasteiger partial charge in [0.25, 0.3) is 0 Å². The van der Waals surface area contributed by atoms with E-state index in [0.29, 0.717) is 13.2 Å². The fraction of sp³-hybridized carbons (Fsp3) is 0.636. The van der Waals surface area contributed by atoms with Crippen molar-refractivity contribution >= 4 is 27.3 Å². The van der Waals surface area contributed by atoms with Crippen LogP contribution in [0.2, 0.25) is 0 Å². The number of nitrogens with two attached hydrogens (primary N) is 1. The largest absolute Gasteiger partial charge is 0.382 e. The number of ether oxygens (including phenoxy) is 2. The van der Waals surface area contributed by atoms with E-state index in [-0.39, 0.29) is 12.1 Å². The van der Waals surface area contributed by atoms with E-state index >= 15 is 0 Å². The minimum absolute atomic E-state index is 0.0300. The summed E-state index contributed by atoms with van der Waals surface area (Å²) in [5.41, 5.74) is 6.07. The highest BCUT2D eigenvalue weighted by Crippen LogP contribution is 2.31. The molecule has 92 valence electrons. The predicted molar refractivity (Wildman–Crippen MR) is 70.9 cm³/mol. The smallest absolute Gasteiger partial charge is 0.107 e. The lowest BCUT2D eigenvalue weighted by molar-refractivity contribution is 0.00454. The molecule has 2 atom stereocenters. The molecule has 0 radical (unpaired) electrons. The molecule has 2 unspecified atom stereocenters. The van der Waals surface area contributed by atoms with Crippen molar-refractivity contribution in [1.82, 2.24) is 0 Å². The van der Waals surface area contributed by atoms with E-state index in [1.54, 1.807) is 18.4 Å². The van der Waals surface area contributed by atoms with Crippen molar-refractivity contribution in [1.29, 1.82) is 0 Å². The third-order valence-electron chi connectivity index (χ3n) is 2.32. The van der Waals surface area contributed by atoms with Gasteiger partial charge in [-0.3, -0.25) is 0 Å². The summed E-state index contributed by atoms with van der Waals surface area (Å²) in [6, 6.07) is 4.11. The minimum Gasteiger partial charge on any atom is -0.382 e. The van der Waals surface area contributed by atoms with Gasteiger partial charge in [-0.05, 0) is 34.5 Å². The Morgan fingerprint density at radius 2 is 2.19 bits per heavy atom. The second kappa shape index (κ2) is 7.40. The summed E-state index contributed by atoms with van der Waals surface area (Å²) in [4.78, 5) is 1.16. The fourth-order valence-corrected chi connectivity index (χ4v) is 2.92. The van der Waals surface area contributed by atoms with Crippen LogP contribution in [-0.2, 0) is 9.47 Å². The molecule has 1 aromatic heterocycles. The number of rotatable bonds is 7. The molecular weight excluding hydrogens is 290 g/mol. The van der Waals surface area contributed by atoms with E-state index < -0.39 is 0 Å². The van der Waals surface area contributed by atoms with Crippen LogP contribution in [0.3, 0.4) is 0 Å².